The Balaban J connectivity index is 0.00000173. The molecule has 0 aliphatic carbocycles. The summed E-state index contributed by atoms with van der Waals surface area (Å²) < 4.78 is 16.0. The van der Waals surface area contributed by atoms with Crippen molar-refractivity contribution < 1.29 is 14.0 Å². The van der Waals surface area contributed by atoms with Crippen molar-refractivity contribution in [1.29, 1.82) is 0 Å². The zero-order valence-corrected chi connectivity index (χ0v) is 24.4. The van der Waals surface area contributed by atoms with Crippen LogP contribution in [0.15, 0.2) is 77.3 Å². The highest BCUT2D eigenvalue weighted by molar-refractivity contribution is 6.31. The van der Waals surface area contributed by atoms with Gasteiger partial charge in [-0.25, -0.2) is 4.98 Å². The molecule has 214 valence electrons. The average Bonchev–Trinajstić information content (AvgIpc) is 3.54. The SMILES string of the molecule is CC.COc1ccc(-c2noc(-c3ccc(NCCNc4c5ccc(Cl)cc5nc5ccc(OC)cc45)nn3)n2)cc1. The van der Waals surface area contributed by atoms with Crippen LogP contribution in [0.5, 0.6) is 11.5 Å². The highest BCUT2D eigenvalue weighted by Gasteiger charge is 2.13. The molecule has 0 unspecified atom stereocenters. The van der Waals surface area contributed by atoms with E-state index in [1.807, 2.05) is 80.6 Å². The van der Waals surface area contributed by atoms with E-state index in [4.69, 9.17) is 30.6 Å². The van der Waals surface area contributed by atoms with Crippen molar-refractivity contribution in [1.82, 2.24) is 25.3 Å². The zero-order chi connectivity index (χ0) is 29.5. The molecule has 6 aromatic rings. The van der Waals surface area contributed by atoms with Crippen LogP contribution < -0.4 is 20.1 Å². The zero-order valence-electron chi connectivity index (χ0n) is 23.7. The molecular weight excluding hydrogens is 554 g/mol. The number of pyridine rings is 1. The van der Waals surface area contributed by atoms with Crippen molar-refractivity contribution in [3.8, 4) is 34.5 Å². The maximum atomic E-state index is 6.23. The Morgan fingerprint density at radius 1 is 0.738 bits per heavy atom. The second kappa shape index (κ2) is 13.1. The van der Waals surface area contributed by atoms with E-state index in [0.29, 0.717) is 41.3 Å². The molecule has 0 aliphatic heterocycles. The van der Waals surface area contributed by atoms with Gasteiger partial charge in [0.2, 0.25) is 5.82 Å². The maximum Gasteiger partial charge on any atom is 0.278 e. The molecule has 6 rings (SSSR count). The Morgan fingerprint density at radius 3 is 2.24 bits per heavy atom. The van der Waals surface area contributed by atoms with Crippen molar-refractivity contribution in [2.45, 2.75) is 13.8 Å². The number of ether oxygens (including phenoxy) is 2. The lowest BCUT2D eigenvalue weighted by Gasteiger charge is -2.14. The first kappa shape index (κ1) is 28.6. The summed E-state index contributed by atoms with van der Waals surface area (Å²) in [5.41, 5.74) is 3.92. The van der Waals surface area contributed by atoms with Crippen LogP contribution in [-0.4, -0.2) is 52.6 Å². The number of nitrogens with one attached hydrogen (secondary N) is 2. The summed E-state index contributed by atoms with van der Waals surface area (Å²) in [4.78, 5) is 9.21. The summed E-state index contributed by atoms with van der Waals surface area (Å²) in [6, 6.07) is 22.5. The number of rotatable bonds is 9. The predicted octanol–water partition coefficient (Wildman–Crippen LogP) is 7.12. The molecule has 0 aliphatic rings. The summed E-state index contributed by atoms with van der Waals surface area (Å²) >= 11 is 6.23. The van der Waals surface area contributed by atoms with Crippen molar-refractivity contribution in [2.24, 2.45) is 0 Å². The van der Waals surface area contributed by atoms with E-state index in [9.17, 15) is 0 Å². The van der Waals surface area contributed by atoms with Gasteiger partial charge in [0.05, 0.1) is 30.9 Å². The fraction of sp³-hybridized carbons (Fsp3) is 0.194. The molecule has 3 heterocycles. The number of aromatic nitrogens is 5. The van der Waals surface area contributed by atoms with Gasteiger partial charge in [0.1, 0.15) is 17.3 Å². The van der Waals surface area contributed by atoms with Crippen LogP contribution in [0, 0.1) is 0 Å². The lowest BCUT2D eigenvalue weighted by atomic mass is 10.1. The highest BCUT2D eigenvalue weighted by Crippen LogP contribution is 2.34. The minimum Gasteiger partial charge on any atom is -0.497 e. The van der Waals surface area contributed by atoms with E-state index in [1.165, 1.54) is 0 Å². The molecular formula is C31H30ClN7O3. The van der Waals surface area contributed by atoms with Crippen LogP contribution in [0.4, 0.5) is 11.5 Å². The van der Waals surface area contributed by atoms with E-state index < -0.39 is 0 Å². The molecule has 3 aromatic heterocycles. The summed E-state index contributed by atoms with van der Waals surface area (Å²) in [6.45, 7) is 5.21. The van der Waals surface area contributed by atoms with Crippen molar-refractivity contribution in [3.05, 3.63) is 77.8 Å². The third-order valence-electron chi connectivity index (χ3n) is 6.33. The summed E-state index contributed by atoms with van der Waals surface area (Å²) in [7, 11) is 3.27. The van der Waals surface area contributed by atoms with Gasteiger partial charge in [-0.2, -0.15) is 4.98 Å². The van der Waals surface area contributed by atoms with Crippen LogP contribution in [0.3, 0.4) is 0 Å². The number of hydrogen-bond donors (Lipinski definition) is 2. The number of anilines is 2. The van der Waals surface area contributed by atoms with Crippen LogP contribution in [0.2, 0.25) is 5.02 Å². The molecule has 3 aromatic carbocycles. The molecule has 0 amide bonds. The number of halogens is 1. The first-order valence-electron chi connectivity index (χ1n) is 13.5. The van der Waals surface area contributed by atoms with Gasteiger partial charge in [-0.15, -0.1) is 10.2 Å². The molecule has 0 atom stereocenters. The lowest BCUT2D eigenvalue weighted by Crippen LogP contribution is -2.15. The molecule has 0 bridgehead atoms. The molecule has 0 saturated carbocycles. The number of methoxy groups -OCH3 is 2. The topological polar surface area (TPSA) is 120 Å². The fourth-order valence-electron chi connectivity index (χ4n) is 4.32. The van der Waals surface area contributed by atoms with E-state index in [1.54, 1.807) is 20.3 Å². The van der Waals surface area contributed by atoms with E-state index in [-0.39, 0.29) is 0 Å². The maximum absolute atomic E-state index is 6.23. The van der Waals surface area contributed by atoms with Crippen molar-refractivity contribution >= 4 is 44.9 Å². The van der Waals surface area contributed by atoms with Gasteiger partial charge in [-0.3, -0.25) is 0 Å². The van der Waals surface area contributed by atoms with Crippen molar-refractivity contribution in [2.75, 3.05) is 37.9 Å². The third-order valence-corrected chi connectivity index (χ3v) is 6.57. The van der Waals surface area contributed by atoms with Crippen molar-refractivity contribution in [3.63, 3.8) is 0 Å². The molecule has 10 nitrogen and oxygen atoms in total. The molecule has 0 fully saturated rings. The smallest absolute Gasteiger partial charge is 0.278 e. The molecule has 2 N–H and O–H groups in total. The predicted molar refractivity (Wildman–Crippen MR) is 166 cm³/mol. The Bertz CT molecular complexity index is 1790. The lowest BCUT2D eigenvalue weighted by molar-refractivity contribution is 0.414. The Labute approximate surface area is 248 Å². The second-order valence-corrected chi connectivity index (χ2v) is 9.28. The normalized spacial score (nSPS) is 10.7. The number of benzene rings is 3. The number of hydrogen-bond acceptors (Lipinski definition) is 10. The first-order valence-corrected chi connectivity index (χ1v) is 13.9. The quantitative estimate of drug-likeness (QED) is 0.134. The summed E-state index contributed by atoms with van der Waals surface area (Å²) in [6.07, 6.45) is 0. The van der Waals surface area contributed by atoms with Gasteiger partial charge < -0.3 is 24.6 Å². The minimum absolute atomic E-state index is 0.290. The summed E-state index contributed by atoms with van der Waals surface area (Å²) in [5, 5.41) is 22.0. The average molecular weight is 584 g/mol. The molecule has 0 radical (unpaired) electrons. The van der Waals surface area contributed by atoms with Crippen LogP contribution in [0.25, 0.3) is 44.8 Å². The number of fused-ring (bicyclic) bond motifs is 2. The number of nitrogens with zero attached hydrogens (tertiary/aromatic N) is 5. The standard InChI is InChI=1S/C29H24ClN7O3.C2H6/c1-38-19-6-3-17(4-7-19)28-34-29(40-37-28)24-11-12-26(36-35-24)31-13-14-32-27-21-9-5-18(30)15-25(21)33-23-10-8-20(39-2)16-22(23)27;1-2/h3-12,15-16H,13-14H2,1-2H3,(H,31,36)(H,32,33);1-2H3. The van der Waals surface area contributed by atoms with Crippen LogP contribution in [-0.2, 0) is 0 Å². The van der Waals surface area contributed by atoms with Gasteiger partial charge >= 0.3 is 0 Å². The van der Waals surface area contributed by atoms with E-state index >= 15 is 0 Å². The van der Waals surface area contributed by atoms with Gasteiger partial charge in [0.25, 0.3) is 5.89 Å². The van der Waals surface area contributed by atoms with Gasteiger partial charge in [0, 0.05) is 34.4 Å². The Hall–Kier alpha value is -4.96. The molecule has 11 heteroatoms. The third kappa shape index (κ3) is 6.18. The Kier molecular flexibility index (Phi) is 8.93. The largest absolute Gasteiger partial charge is 0.497 e. The minimum atomic E-state index is 0.290. The van der Waals surface area contributed by atoms with E-state index in [2.05, 4.69) is 31.0 Å². The highest BCUT2D eigenvalue weighted by atomic mass is 35.5. The molecule has 0 saturated heterocycles. The fourth-order valence-corrected chi connectivity index (χ4v) is 4.48. The van der Waals surface area contributed by atoms with Crippen LogP contribution >= 0.6 is 11.6 Å². The van der Waals surface area contributed by atoms with E-state index in [0.717, 1.165) is 44.6 Å². The second-order valence-electron chi connectivity index (χ2n) is 8.84. The monoisotopic (exact) mass is 583 g/mol. The first-order chi connectivity index (χ1) is 20.6. The molecule has 42 heavy (non-hydrogen) atoms. The van der Waals surface area contributed by atoms with Gasteiger partial charge in [-0.05, 0) is 72.8 Å². The van der Waals surface area contributed by atoms with Crippen LogP contribution in [0.1, 0.15) is 13.8 Å². The van der Waals surface area contributed by atoms with Gasteiger partial charge in [0.15, 0.2) is 5.69 Å². The molecule has 0 spiro atoms. The summed E-state index contributed by atoms with van der Waals surface area (Å²) in [5.74, 6) is 2.89. The van der Waals surface area contributed by atoms with Gasteiger partial charge in [-0.1, -0.05) is 30.6 Å². The Morgan fingerprint density at radius 2 is 1.50 bits per heavy atom.